The van der Waals surface area contributed by atoms with Gasteiger partial charge in [-0.3, -0.25) is 9.78 Å². The van der Waals surface area contributed by atoms with Crippen LogP contribution in [0.1, 0.15) is 34.6 Å². The molecule has 0 atom stereocenters. The quantitative estimate of drug-likeness (QED) is 0.780. The highest BCUT2D eigenvalue weighted by Gasteiger charge is 2.51. The van der Waals surface area contributed by atoms with Gasteiger partial charge in [-0.15, -0.1) is 0 Å². The molecule has 1 aliphatic rings. The van der Waals surface area contributed by atoms with Crippen LogP contribution in [0.4, 0.5) is 0 Å². The Labute approximate surface area is 92.3 Å². The maximum absolute atomic E-state index is 11.3. The van der Waals surface area contributed by atoms with Crippen molar-refractivity contribution in [1.82, 2.24) is 4.98 Å². The highest BCUT2D eigenvalue weighted by molar-refractivity contribution is 5.91. The average Bonchev–Trinajstić information content (AvgIpc) is 2.97. The molecule has 5 nitrogen and oxygen atoms in total. The number of hydrogen-bond donors (Lipinski definition) is 2. The molecule has 3 N–H and O–H groups in total. The van der Waals surface area contributed by atoms with Crippen molar-refractivity contribution in [2.75, 3.05) is 0 Å². The normalized spacial score (nSPS) is 16.8. The van der Waals surface area contributed by atoms with E-state index < -0.39 is 17.3 Å². The second kappa shape index (κ2) is 3.30. The van der Waals surface area contributed by atoms with E-state index in [4.69, 9.17) is 10.8 Å². The van der Waals surface area contributed by atoms with Gasteiger partial charge in [0.15, 0.2) is 0 Å². The lowest BCUT2D eigenvalue weighted by atomic mass is 9.99. The highest BCUT2D eigenvalue weighted by atomic mass is 16.4. The Balaban J connectivity index is 2.50. The third kappa shape index (κ3) is 1.54. The second-order valence-corrected chi connectivity index (χ2v) is 4.13. The first-order valence-corrected chi connectivity index (χ1v) is 4.98. The van der Waals surface area contributed by atoms with E-state index in [9.17, 15) is 9.59 Å². The predicted octanol–water partition coefficient (Wildman–Crippen LogP) is 0.605. The third-order valence-electron chi connectivity index (χ3n) is 2.91. The summed E-state index contributed by atoms with van der Waals surface area (Å²) < 4.78 is 0. The van der Waals surface area contributed by atoms with Gasteiger partial charge in [0, 0.05) is 5.69 Å². The number of amides is 1. The maximum atomic E-state index is 11.3. The Morgan fingerprint density at radius 1 is 1.44 bits per heavy atom. The fourth-order valence-corrected chi connectivity index (χ4v) is 1.79. The number of carbonyl (C=O) groups excluding carboxylic acids is 1. The summed E-state index contributed by atoms with van der Waals surface area (Å²) in [5, 5.41) is 8.91. The smallest absolute Gasteiger partial charge is 0.335 e. The number of primary amides is 1. The zero-order valence-corrected chi connectivity index (χ0v) is 8.86. The Morgan fingerprint density at radius 2 is 2.06 bits per heavy atom. The summed E-state index contributed by atoms with van der Waals surface area (Å²) in [6.07, 6.45) is 1.30. The van der Waals surface area contributed by atoms with Gasteiger partial charge >= 0.3 is 5.97 Å². The lowest BCUT2D eigenvalue weighted by molar-refractivity contribution is -0.120. The van der Waals surface area contributed by atoms with Gasteiger partial charge < -0.3 is 10.8 Å². The molecule has 1 heterocycles. The van der Waals surface area contributed by atoms with Crippen LogP contribution in [0.25, 0.3) is 0 Å². The van der Waals surface area contributed by atoms with Crippen LogP contribution in [0.2, 0.25) is 0 Å². The zero-order chi connectivity index (χ0) is 11.9. The number of nitrogens with two attached hydrogens (primary N) is 1. The van der Waals surface area contributed by atoms with E-state index in [1.54, 1.807) is 6.92 Å². The van der Waals surface area contributed by atoms with Crippen LogP contribution < -0.4 is 5.73 Å². The Kier molecular flexibility index (Phi) is 2.18. The molecule has 5 heteroatoms. The third-order valence-corrected chi connectivity index (χ3v) is 2.91. The molecular weight excluding hydrogens is 208 g/mol. The second-order valence-electron chi connectivity index (χ2n) is 4.13. The van der Waals surface area contributed by atoms with Gasteiger partial charge in [0.2, 0.25) is 5.91 Å². The van der Waals surface area contributed by atoms with Crippen LogP contribution in [-0.2, 0) is 10.2 Å². The summed E-state index contributed by atoms with van der Waals surface area (Å²) in [5.41, 5.74) is 5.81. The first-order valence-electron chi connectivity index (χ1n) is 4.98. The largest absolute Gasteiger partial charge is 0.478 e. The standard InChI is InChI=1S/C11H12N2O3/c1-6-4-7(9(14)15)5-8(13-6)11(2-3-11)10(12)16/h4-5H,2-3H2,1H3,(H2,12,16)(H,14,15). The maximum Gasteiger partial charge on any atom is 0.335 e. The van der Waals surface area contributed by atoms with E-state index in [0.29, 0.717) is 24.2 Å². The van der Waals surface area contributed by atoms with Crippen LogP contribution in [-0.4, -0.2) is 22.0 Å². The Morgan fingerprint density at radius 3 is 2.50 bits per heavy atom. The molecule has 0 unspecified atom stereocenters. The minimum absolute atomic E-state index is 0.148. The summed E-state index contributed by atoms with van der Waals surface area (Å²) >= 11 is 0. The molecule has 2 rings (SSSR count). The van der Waals surface area contributed by atoms with Crippen molar-refractivity contribution in [3.05, 3.63) is 29.1 Å². The number of aryl methyl sites for hydroxylation is 1. The van der Waals surface area contributed by atoms with E-state index in [1.807, 2.05) is 0 Å². The summed E-state index contributed by atoms with van der Waals surface area (Å²) in [5.74, 6) is -1.45. The Hall–Kier alpha value is -1.91. The number of rotatable bonds is 3. The molecule has 1 aromatic heterocycles. The molecule has 0 spiro atoms. The lowest BCUT2D eigenvalue weighted by Crippen LogP contribution is -2.29. The van der Waals surface area contributed by atoms with E-state index in [0.717, 1.165) is 0 Å². The number of nitrogens with zero attached hydrogens (tertiary/aromatic N) is 1. The highest BCUT2D eigenvalue weighted by Crippen LogP contribution is 2.47. The molecule has 1 aliphatic carbocycles. The molecule has 1 saturated carbocycles. The van der Waals surface area contributed by atoms with Crippen molar-refractivity contribution in [2.45, 2.75) is 25.2 Å². The summed E-state index contributed by atoms with van der Waals surface area (Å²) in [6.45, 7) is 1.70. The number of carboxylic acid groups (broad SMARTS) is 1. The van der Waals surface area contributed by atoms with Crippen molar-refractivity contribution in [3.8, 4) is 0 Å². The Bertz CT molecular complexity index is 478. The predicted molar refractivity (Wildman–Crippen MR) is 56.0 cm³/mol. The van der Waals surface area contributed by atoms with Gasteiger partial charge in [-0.05, 0) is 31.9 Å². The number of carbonyl (C=O) groups is 2. The molecule has 0 saturated heterocycles. The SMILES string of the molecule is Cc1cc(C(=O)O)cc(C2(C(N)=O)CC2)n1. The molecule has 16 heavy (non-hydrogen) atoms. The van der Waals surface area contributed by atoms with Crippen molar-refractivity contribution >= 4 is 11.9 Å². The van der Waals surface area contributed by atoms with Gasteiger partial charge in [0.25, 0.3) is 0 Å². The van der Waals surface area contributed by atoms with Crippen molar-refractivity contribution in [2.24, 2.45) is 5.73 Å². The van der Waals surface area contributed by atoms with Crippen molar-refractivity contribution in [3.63, 3.8) is 0 Å². The van der Waals surface area contributed by atoms with Gasteiger partial charge in [0.1, 0.15) is 0 Å². The number of pyridine rings is 1. The molecule has 84 valence electrons. The lowest BCUT2D eigenvalue weighted by Gasteiger charge is -2.11. The monoisotopic (exact) mass is 220 g/mol. The summed E-state index contributed by atoms with van der Waals surface area (Å²) in [6, 6.07) is 2.91. The van der Waals surface area contributed by atoms with Gasteiger partial charge in [-0.2, -0.15) is 0 Å². The molecule has 0 aliphatic heterocycles. The van der Waals surface area contributed by atoms with E-state index in [-0.39, 0.29) is 5.56 Å². The first kappa shape index (κ1) is 10.6. The van der Waals surface area contributed by atoms with Crippen LogP contribution in [0.5, 0.6) is 0 Å². The van der Waals surface area contributed by atoms with Crippen molar-refractivity contribution in [1.29, 1.82) is 0 Å². The number of aromatic nitrogens is 1. The number of aromatic carboxylic acids is 1. The topological polar surface area (TPSA) is 93.3 Å². The van der Waals surface area contributed by atoms with Crippen LogP contribution in [0.3, 0.4) is 0 Å². The minimum atomic E-state index is -1.02. The molecule has 1 amide bonds. The minimum Gasteiger partial charge on any atom is -0.478 e. The van der Waals surface area contributed by atoms with E-state index in [1.165, 1.54) is 12.1 Å². The first-order chi connectivity index (χ1) is 7.45. The van der Waals surface area contributed by atoms with E-state index in [2.05, 4.69) is 4.98 Å². The summed E-state index contributed by atoms with van der Waals surface area (Å²) in [4.78, 5) is 26.4. The van der Waals surface area contributed by atoms with Crippen LogP contribution >= 0.6 is 0 Å². The fourth-order valence-electron chi connectivity index (χ4n) is 1.79. The van der Waals surface area contributed by atoms with Crippen molar-refractivity contribution < 1.29 is 14.7 Å². The van der Waals surface area contributed by atoms with Crippen LogP contribution in [0.15, 0.2) is 12.1 Å². The average molecular weight is 220 g/mol. The van der Waals surface area contributed by atoms with E-state index >= 15 is 0 Å². The zero-order valence-electron chi connectivity index (χ0n) is 8.86. The van der Waals surface area contributed by atoms with Crippen LogP contribution in [0, 0.1) is 6.92 Å². The fraction of sp³-hybridized carbons (Fsp3) is 0.364. The molecule has 0 aromatic carbocycles. The number of hydrogen-bond acceptors (Lipinski definition) is 3. The van der Waals surface area contributed by atoms with Gasteiger partial charge in [-0.25, -0.2) is 4.79 Å². The number of carboxylic acids is 1. The van der Waals surface area contributed by atoms with Gasteiger partial charge in [-0.1, -0.05) is 0 Å². The molecule has 0 bridgehead atoms. The molecule has 1 aromatic rings. The molecular formula is C11H12N2O3. The summed E-state index contributed by atoms with van der Waals surface area (Å²) in [7, 11) is 0. The molecule has 0 radical (unpaired) electrons. The molecule has 1 fully saturated rings. The van der Waals surface area contributed by atoms with Gasteiger partial charge in [0.05, 0.1) is 16.7 Å².